The largest absolute Gasteiger partial charge is 0.493 e. The molecular formula is C16H23NO3. The van der Waals surface area contributed by atoms with Gasteiger partial charge in [-0.15, -0.1) is 0 Å². The molecule has 0 radical (unpaired) electrons. The quantitative estimate of drug-likeness (QED) is 0.828. The predicted molar refractivity (Wildman–Crippen MR) is 78.5 cm³/mol. The van der Waals surface area contributed by atoms with Crippen LogP contribution in [0, 0.1) is 0 Å². The van der Waals surface area contributed by atoms with Gasteiger partial charge < -0.3 is 14.4 Å². The van der Waals surface area contributed by atoms with Crippen molar-refractivity contribution in [3.63, 3.8) is 0 Å². The number of carbonyl (C=O) groups is 1. The highest BCUT2D eigenvalue weighted by molar-refractivity contribution is 5.79. The third kappa shape index (κ3) is 3.73. The monoisotopic (exact) mass is 277 g/mol. The molecule has 2 rings (SSSR count). The van der Waals surface area contributed by atoms with Crippen LogP contribution in [0.15, 0.2) is 18.2 Å². The number of piperidine rings is 1. The molecule has 1 aliphatic rings. The molecule has 20 heavy (non-hydrogen) atoms. The average Bonchev–Trinajstić information content (AvgIpc) is 2.42. The summed E-state index contributed by atoms with van der Waals surface area (Å²) in [5, 5.41) is 0. The van der Waals surface area contributed by atoms with Crippen LogP contribution in [-0.4, -0.2) is 44.0 Å². The standard InChI is InChI=1S/C16H23NO3/c1-12(18)11-13-5-4-6-15(19-3)16(13)20-14-7-9-17(2)10-8-14/h4-6,14H,7-11H2,1-3H3. The predicted octanol–water partition coefficient (Wildman–Crippen LogP) is 2.30. The lowest BCUT2D eigenvalue weighted by Crippen LogP contribution is -2.35. The van der Waals surface area contributed by atoms with Gasteiger partial charge in [0.25, 0.3) is 0 Å². The fourth-order valence-corrected chi connectivity index (χ4v) is 2.53. The molecule has 1 aromatic carbocycles. The molecule has 1 aliphatic heterocycles. The number of hydrogen-bond donors (Lipinski definition) is 0. The van der Waals surface area contributed by atoms with Crippen LogP contribution in [0.25, 0.3) is 0 Å². The van der Waals surface area contributed by atoms with Crippen molar-refractivity contribution in [3.8, 4) is 11.5 Å². The maximum absolute atomic E-state index is 11.4. The number of methoxy groups -OCH3 is 1. The van der Waals surface area contributed by atoms with E-state index in [-0.39, 0.29) is 11.9 Å². The Hall–Kier alpha value is -1.55. The second-order valence-corrected chi connectivity index (χ2v) is 5.45. The SMILES string of the molecule is COc1cccc(CC(C)=O)c1OC1CCN(C)CC1. The van der Waals surface area contributed by atoms with E-state index in [9.17, 15) is 4.79 Å². The van der Waals surface area contributed by atoms with E-state index < -0.39 is 0 Å². The van der Waals surface area contributed by atoms with Crippen molar-refractivity contribution in [1.82, 2.24) is 4.90 Å². The van der Waals surface area contributed by atoms with E-state index in [1.807, 2.05) is 18.2 Å². The lowest BCUT2D eigenvalue weighted by atomic mass is 10.1. The van der Waals surface area contributed by atoms with Crippen molar-refractivity contribution in [1.29, 1.82) is 0 Å². The van der Waals surface area contributed by atoms with Crippen LogP contribution in [0.3, 0.4) is 0 Å². The second-order valence-electron chi connectivity index (χ2n) is 5.45. The van der Waals surface area contributed by atoms with E-state index in [1.165, 1.54) is 0 Å². The Bertz CT molecular complexity index is 465. The number of carbonyl (C=O) groups excluding carboxylic acids is 1. The highest BCUT2D eigenvalue weighted by Crippen LogP contribution is 2.33. The van der Waals surface area contributed by atoms with Crippen LogP contribution < -0.4 is 9.47 Å². The second kappa shape index (κ2) is 6.75. The Balaban J connectivity index is 2.17. The van der Waals surface area contributed by atoms with Crippen LogP contribution in [0.4, 0.5) is 0 Å². The molecule has 0 spiro atoms. The zero-order valence-electron chi connectivity index (χ0n) is 12.5. The molecular weight excluding hydrogens is 254 g/mol. The molecule has 0 saturated carbocycles. The number of ether oxygens (including phenoxy) is 2. The zero-order valence-corrected chi connectivity index (χ0v) is 12.5. The smallest absolute Gasteiger partial charge is 0.165 e. The van der Waals surface area contributed by atoms with E-state index in [0.29, 0.717) is 12.2 Å². The van der Waals surface area contributed by atoms with Gasteiger partial charge in [0.05, 0.1) is 7.11 Å². The Morgan fingerprint density at radius 3 is 2.65 bits per heavy atom. The van der Waals surface area contributed by atoms with E-state index in [2.05, 4.69) is 11.9 Å². The fraction of sp³-hybridized carbons (Fsp3) is 0.562. The van der Waals surface area contributed by atoms with Crippen molar-refractivity contribution in [2.45, 2.75) is 32.3 Å². The van der Waals surface area contributed by atoms with Crippen LogP contribution in [0.5, 0.6) is 11.5 Å². The third-order valence-electron chi connectivity index (χ3n) is 3.67. The van der Waals surface area contributed by atoms with Crippen molar-refractivity contribution >= 4 is 5.78 Å². The summed E-state index contributed by atoms with van der Waals surface area (Å²) in [7, 11) is 3.76. The first-order chi connectivity index (χ1) is 9.60. The van der Waals surface area contributed by atoms with Gasteiger partial charge in [-0.2, -0.15) is 0 Å². The molecule has 0 amide bonds. The summed E-state index contributed by atoms with van der Waals surface area (Å²) in [6.45, 7) is 3.68. The van der Waals surface area contributed by atoms with Crippen molar-refractivity contribution in [2.24, 2.45) is 0 Å². The molecule has 1 fully saturated rings. The summed E-state index contributed by atoms with van der Waals surface area (Å²) in [6.07, 6.45) is 2.61. The number of benzene rings is 1. The molecule has 4 nitrogen and oxygen atoms in total. The van der Waals surface area contributed by atoms with E-state index in [1.54, 1.807) is 14.0 Å². The molecule has 0 bridgehead atoms. The van der Waals surface area contributed by atoms with Crippen molar-refractivity contribution in [3.05, 3.63) is 23.8 Å². The van der Waals surface area contributed by atoms with Crippen LogP contribution in [0.2, 0.25) is 0 Å². The summed E-state index contributed by atoms with van der Waals surface area (Å²) in [6, 6.07) is 5.72. The van der Waals surface area contributed by atoms with E-state index in [0.717, 1.165) is 37.2 Å². The molecule has 1 saturated heterocycles. The molecule has 4 heteroatoms. The molecule has 0 aromatic heterocycles. The van der Waals surface area contributed by atoms with Crippen molar-refractivity contribution in [2.75, 3.05) is 27.2 Å². The molecule has 0 N–H and O–H groups in total. The Kier molecular flexibility index (Phi) is 5.01. The number of nitrogens with zero attached hydrogens (tertiary/aromatic N) is 1. The van der Waals surface area contributed by atoms with Crippen LogP contribution in [-0.2, 0) is 11.2 Å². The zero-order chi connectivity index (χ0) is 14.5. The van der Waals surface area contributed by atoms with Crippen LogP contribution in [0.1, 0.15) is 25.3 Å². The van der Waals surface area contributed by atoms with Gasteiger partial charge in [0.2, 0.25) is 0 Å². The summed E-state index contributed by atoms with van der Waals surface area (Å²) < 4.78 is 11.5. The number of Topliss-reactive ketones (excluding diaryl/α,β-unsaturated/α-hetero) is 1. The molecule has 110 valence electrons. The fourth-order valence-electron chi connectivity index (χ4n) is 2.53. The minimum atomic E-state index is 0.131. The average molecular weight is 277 g/mol. The number of ketones is 1. The third-order valence-corrected chi connectivity index (χ3v) is 3.67. The first-order valence-corrected chi connectivity index (χ1v) is 7.10. The van der Waals surface area contributed by atoms with Gasteiger partial charge in [0.15, 0.2) is 11.5 Å². The number of likely N-dealkylation sites (tertiary alicyclic amines) is 1. The van der Waals surface area contributed by atoms with Gasteiger partial charge in [-0.05, 0) is 32.9 Å². The van der Waals surface area contributed by atoms with Crippen LogP contribution >= 0.6 is 0 Å². The lowest BCUT2D eigenvalue weighted by molar-refractivity contribution is -0.116. The van der Waals surface area contributed by atoms with E-state index in [4.69, 9.17) is 9.47 Å². The first kappa shape index (κ1) is 14.9. The Morgan fingerprint density at radius 2 is 2.05 bits per heavy atom. The van der Waals surface area contributed by atoms with Gasteiger partial charge in [-0.25, -0.2) is 0 Å². The van der Waals surface area contributed by atoms with Crippen molar-refractivity contribution < 1.29 is 14.3 Å². The maximum atomic E-state index is 11.4. The summed E-state index contributed by atoms with van der Waals surface area (Å²) in [5.74, 6) is 1.58. The summed E-state index contributed by atoms with van der Waals surface area (Å²) >= 11 is 0. The topological polar surface area (TPSA) is 38.8 Å². The minimum Gasteiger partial charge on any atom is -0.493 e. The van der Waals surface area contributed by atoms with Gasteiger partial charge in [-0.1, -0.05) is 12.1 Å². The minimum absolute atomic E-state index is 0.131. The Labute approximate surface area is 120 Å². The van der Waals surface area contributed by atoms with Gasteiger partial charge in [0, 0.05) is 25.1 Å². The molecule has 1 heterocycles. The Morgan fingerprint density at radius 1 is 1.35 bits per heavy atom. The summed E-state index contributed by atoms with van der Waals surface area (Å²) in [4.78, 5) is 13.7. The lowest BCUT2D eigenvalue weighted by Gasteiger charge is -2.30. The normalized spacial score (nSPS) is 16.9. The number of para-hydroxylation sites is 1. The molecule has 1 aromatic rings. The summed E-state index contributed by atoms with van der Waals surface area (Å²) in [5.41, 5.74) is 0.913. The first-order valence-electron chi connectivity index (χ1n) is 7.10. The van der Waals surface area contributed by atoms with Gasteiger partial charge >= 0.3 is 0 Å². The highest BCUT2D eigenvalue weighted by atomic mass is 16.5. The molecule has 0 atom stereocenters. The molecule has 0 unspecified atom stereocenters. The van der Waals surface area contributed by atoms with E-state index >= 15 is 0 Å². The maximum Gasteiger partial charge on any atom is 0.165 e. The molecule has 0 aliphatic carbocycles. The number of rotatable bonds is 5. The van der Waals surface area contributed by atoms with Gasteiger partial charge in [-0.3, -0.25) is 4.79 Å². The highest BCUT2D eigenvalue weighted by Gasteiger charge is 2.21. The van der Waals surface area contributed by atoms with Gasteiger partial charge in [0.1, 0.15) is 11.9 Å². The number of hydrogen-bond acceptors (Lipinski definition) is 4.